The Morgan fingerprint density at radius 1 is 1.35 bits per heavy atom. The maximum atomic E-state index is 5.81. The van der Waals surface area contributed by atoms with Gasteiger partial charge in [0.2, 0.25) is 0 Å². The average molecular weight is 256 g/mol. The molecule has 0 saturated heterocycles. The van der Waals surface area contributed by atoms with Gasteiger partial charge in [-0.05, 0) is 26.3 Å². The van der Waals surface area contributed by atoms with Crippen molar-refractivity contribution in [2.75, 3.05) is 13.7 Å². The summed E-state index contributed by atoms with van der Waals surface area (Å²) >= 11 is 1.79. The van der Waals surface area contributed by atoms with Crippen molar-refractivity contribution in [3.05, 3.63) is 15.6 Å². The Morgan fingerprint density at radius 3 is 2.53 bits per heavy atom. The van der Waals surface area contributed by atoms with Gasteiger partial charge in [-0.2, -0.15) is 0 Å². The van der Waals surface area contributed by atoms with Crippen molar-refractivity contribution < 1.29 is 4.74 Å². The predicted octanol–water partition coefficient (Wildman–Crippen LogP) is 3.16. The molecule has 0 saturated carbocycles. The summed E-state index contributed by atoms with van der Waals surface area (Å²) < 4.78 is 5.81. The molecule has 0 aromatic carbocycles. The van der Waals surface area contributed by atoms with Gasteiger partial charge in [0.05, 0.1) is 5.69 Å². The normalized spacial score (nSPS) is 13.3. The molecule has 3 nitrogen and oxygen atoms in total. The molecule has 1 atom stereocenters. The molecule has 0 aliphatic heterocycles. The highest BCUT2D eigenvalue weighted by atomic mass is 32.1. The average Bonchev–Trinajstić information content (AvgIpc) is 2.69. The van der Waals surface area contributed by atoms with Crippen molar-refractivity contribution in [3.8, 4) is 0 Å². The molecule has 0 fully saturated rings. The van der Waals surface area contributed by atoms with Gasteiger partial charge < -0.3 is 10.1 Å². The van der Waals surface area contributed by atoms with Crippen molar-refractivity contribution in [2.45, 2.75) is 46.8 Å². The number of nitrogens with zero attached hydrogens (tertiary/aromatic N) is 1. The lowest BCUT2D eigenvalue weighted by Gasteiger charge is -2.18. The van der Waals surface area contributed by atoms with Crippen LogP contribution in [0.3, 0.4) is 0 Å². The number of rotatable bonds is 7. The van der Waals surface area contributed by atoms with Crippen LogP contribution in [0.5, 0.6) is 0 Å². The molecule has 1 aromatic rings. The monoisotopic (exact) mass is 256 g/mol. The van der Waals surface area contributed by atoms with Crippen LogP contribution < -0.4 is 5.32 Å². The van der Waals surface area contributed by atoms with Crippen LogP contribution in [0, 0.1) is 5.92 Å². The van der Waals surface area contributed by atoms with Crippen molar-refractivity contribution >= 4 is 11.3 Å². The number of thiazole rings is 1. The van der Waals surface area contributed by atoms with Crippen LogP contribution in [-0.4, -0.2) is 18.6 Å². The summed E-state index contributed by atoms with van der Waals surface area (Å²) in [6.07, 6.45) is 1.13. The van der Waals surface area contributed by atoms with E-state index in [2.05, 4.69) is 26.1 Å². The molecule has 0 bridgehead atoms. The van der Waals surface area contributed by atoms with Crippen LogP contribution in [0.25, 0.3) is 0 Å². The van der Waals surface area contributed by atoms with Crippen molar-refractivity contribution in [1.82, 2.24) is 10.3 Å². The van der Waals surface area contributed by atoms with Crippen LogP contribution in [0.4, 0.5) is 0 Å². The lowest BCUT2D eigenvalue weighted by Crippen LogP contribution is -2.10. The molecule has 1 heterocycles. The minimum absolute atomic E-state index is 0.140. The molecule has 0 aliphatic rings. The zero-order chi connectivity index (χ0) is 12.8. The number of aromatic nitrogens is 1. The predicted molar refractivity (Wildman–Crippen MR) is 73.5 cm³/mol. The first-order valence-corrected chi connectivity index (χ1v) is 7.20. The topological polar surface area (TPSA) is 34.1 Å². The van der Waals surface area contributed by atoms with Gasteiger partial charge in [0.15, 0.2) is 0 Å². The van der Waals surface area contributed by atoms with E-state index in [1.54, 1.807) is 11.3 Å². The van der Waals surface area contributed by atoms with Gasteiger partial charge in [-0.25, -0.2) is 4.98 Å². The first kappa shape index (κ1) is 14.6. The molecule has 0 amide bonds. The second-order valence-corrected chi connectivity index (χ2v) is 5.54. The van der Waals surface area contributed by atoms with Crippen LogP contribution in [0.2, 0.25) is 0 Å². The molecular formula is C13H24N2OS. The number of hydrogen-bond acceptors (Lipinski definition) is 4. The van der Waals surface area contributed by atoms with E-state index >= 15 is 0 Å². The highest BCUT2D eigenvalue weighted by Crippen LogP contribution is 2.31. The zero-order valence-corrected chi connectivity index (χ0v) is 12.4. The van der Waals surface area contributed by atoms with Crippen molar-refractivity contribution in [3.63, 3.8) is 0 Å². The largest absolute Gasteiger partial charge is 0.371 e. The standard InChI is InChI=1S/C13H24N2OS/c1-6-10-11(8-14-5)17-13(15-10)12(9(3)4)16-7-2/h9,12,14H,6-8H2,1-5H3. The van der Waals surface area contributed by atoms with E-state index < -0.39 is 0 Å². The third kappa shape index (κ3) is 3.76. The summed E-state index contributed by atoms with van der Waals surface area (Å²) in [4.78, 5) is 6.08. The van der Waals surface area contributed by atoms with E-state index in [9.17, 15) is 0 Å². The lowest BCUT2D eigenvalue weighted by atomic mass is 10.1. The summed E-state index contributed by atoms with van der Waals surface area (Å²) in [7, 11) is 1.97. The number of nitrogens with one attached hydrogen (secondary N) is 1. The second-order valence-electron chi connectivity index (χ2n) is 4.43. The second kappa shape index (κ2) is 7.09. The number of aryl methyl sites for hydroxylation is 1. The summed E-state index contributed by atoms with van der Waals surface area (Å²) in [5.41, 5.74) is 1.21. The van der Waals surface area contributed by atoms with Gasteiger partial charge in [-0.15, -0.1) is 11.3 Å². The Bertz CT molecular complexity index is 336. The molecule has 17 heavy (non-hydrogen) atoms. The van der Waals surface area contributed by atoms with Gasteiger partial charge in [0, 0.05) is 18.0 Å². The van der Waals surface area contributed by atoms with Crippen molar-refractivity contribution in [2.24, 2.45) is 5.92 Å². The van der Waals surface area contributed by atoms with E-state index in [-0.39, 0.29) is 6.10 Å². The minimum atomic E-state index is 0.140. The van der Waals surface area contributed by atoms with Crippen LogP contribution >= 0.6 is 11.3 Å². The van der Waals surface area contributed by atoms with Gasteiger partial charge in [0.25, 0.3) is 0 Å². The third-order valence-corrected chi connectivity index (χ3v) is 3.82. The van der Waals surface area contributed by atoms with E-state index in [0.29, 0.717) is 5.92 Å². The van der Waals surface area contributed by atoms with E-state index in [4.69, 9.17) is 9.72 Å². The molecule has 0 spiro atoms. The molecule has 0 radical (unpaired) electrons. The number of hydrogen-bond donors (Lipinski definition) is 1. The molecule has 4 heteroatoms. The summed E-state index contributed by atoms with van der Waals surface area (Å²) in [5.74, 6) is 0.466. The highest BCUT2D eigenvalue weighted by Gasteiger charge is 2.21. The molecular weight excluding hydrogens is 232 g/mol. The van der Waals surface area contributed by atoms with E-state index in [1.807, 2.05) is 14.0 Å². The van der Waals surface area contributed by atoms with E-state index in [0.717, 1.165) is 24.6 Å². The SMILES string of the molecule is CCOC(c1nc(CC)c(CNC)s1)C(C)C. The highest BCUT2D eigenvalue weighted by molar-refractivity contribution is 7.11. The smallest absolute Gasteiger partial charge is 0.122 e. The zero-order valence-electron chi connectivity index (χ0n) is 11.5. The maximum Gasteiger partial charge on any atom is 0.122 e. The van der Waals surface area contributed by atoms with Crippen molar-refractivity contribution in [1.29, 1.82) is 0 Å². The Morgan fingerprint density at radius 2 is 2.06 bits per heavy atom. The minimum Gasteiger partial charge on any atom is -0.371 e. The summed E-state index contributed by atoms with van der Waals surface area (Å²) in [6.45, 7) is 10.2. The number of ether oxygens (including phenoxy) is 1. The quantitative estimate of drug-likeness (QED) is 0.813. The van der Waals surface area contributed by atoms with Gasteiger partial charge in [-0.1, -0.05) is 20.8 Å². The van der Waals surface area contributed by atoms with Gasteiger partial charge in [0.1, 0.15) is 11.1 Å². The molecule has 0 aliphatic carbocycles. The summed E-state index contributed by atoms with van der Waals surface area (Å²) in [6, 6.07) is 0. The molecule has 98 valence electrons. The Kier molecular flexibility index (Phi) is 6.09. The Labute approximate surface area is 109 Å². The van der Waals surface area contributed by atoms with Crippen LogP contribution in [0.1, 0.15) is 49.4 Å². The third-order valence-electron chi connectivity index (χ3n) is 2.66. The molecule has 1 unspecified atom stereocenters. The molecule has 1 rings (SSSR count). The first-order chi connectivity index (χ1) is 8.13. The molecule has 1 N–H and O–H groups in total. The Balaban J connectivity index is 2.95. The summed E-state index contributed by atoms with van der Waals surface area (Å²) in [5, 5.41) is 4.33. The fourth-order valence-corrected chi connectivity index (χ4v) is 3.22. The fraction of sp³-hybridized carbons (Fsp3) is 0.769. The first-order valence-electron chi connectivity index (χ1n) is 6.38. The fourth-order valence-electron chi connectivity index (χ4n) is 1.83. The molecule has 1 aromatic heterocycles. The van der Waals surface area contributed by atoms with Gasteiger partial charge in [-0.3, -0.25) is 0 Å². The van der Waals surface area contributed by atoms with Crippen LogP contribution in [-0.2, 0) is 17.7 Å². The van der Waals surface area contributed by atoms with Crippen LogP contribution in [0.15, 0.2) is 0 Å². The Hall–Kier alpha value is -0.450. The maximum absolute atomic E-state index is 5.81. The van der Waals surface area contributed by atoms with E-state index in [1.165, 1.54) is 10.6 Å². The van der Waals surface area contributed by atoms with Gasteiger partial charge >= 0.3 is 0 Å². The lowest BCUT2D eigenvalue weighted by molar-refractivity contribution is 0.0292.